The van der Waals surface area contributed by atoms with Crippen molar-refractivity contribution in [2.45, 2.75) is 27.7 Å². The quantitative estimate of drug-likeness (QED) is 0.675. The van der Waals surface area contributed by atoms with E-state index in [-0.39, 0.29) is 33.5 Å². The van der Waals surface area contributed by atoms with Crippen molar-refractivity contribution in [2.75, 3.05) is 25.0 Å². The Morgan fingerprint density at radius 2 is 1.66 bits per heavy atom. The zero-order valence-electron chi connectivity index (χ0n) is 16.6. The predicted octanol–water partition coefficient (Wildman–Crippen LogP) is 4.25. The van der Waals surface area contributed by atoms with Crippen LogP contribution in [0.4, 0.5) is 13.8 Å². The molecule has 0 saturated carbocycles. The van der Waals surface area contributed by atoms with Crippen LogP contribution in [0, 0.1) is 18.6 Å². The zero-order valence-corrected chi connectivity index (χ0v) is 17.4. The molecule has 2 aromatic rings. The Bertz CT molecular complexity index is 919. The Kier molecular flexibility index (Phi) is 7.44. The molecule has 0 unspecified atom stereocenters. The van der Waals surface area contributed by atoms with E-state index >= 15 is 0 Å². The number of benzene rings is 1. The summed E-state index contributed by atoms with van der Waals surface area (Å²) in [5.74, 6) is -3.58. The molecule has 2 amide bonds. The van der Waals surface area contributed by atoms with Gasteiger partial charge in [0.1, 0.15) is 16.6 Å². The summed E-state index contributed by atoms with van der Waals surface area (Å²) >= 11 is 0.927. The molecule has 2 rings (SSSR count). The molecule has 0 aliphatic rings. The van der Waals surface area contributed by atoms with Crippen molar-refractivity contribution in [3.05, 3.63) is 51.4 Å². The summed E-state index contributed by atoms with van der Waals surface area (Å²) in [6.45, 7) is 7.95. The fourth-order valence-corrected chi connectivity index (χ4v) is 3.93. The van der Waals surface area contributed by atoms with Crippen molar-refractivity contribution in [3.63, 3.8) is 0 Å². The van der Waals surface area contributed by atoms with Crippen molar-refractivity contribution in [1.29, 1.82) is 0 Å². The molecule has 0 aliphatic carbocycles. The van der Waals surface area contributed by atoms with Crippen LogP contribution in [0.15, 0.2) is 18.2 Å². The minimum absolute atomic E-state index is 0.0533. The Morgan fingerprint density at radius 3 is 2.17 bits per heavy atom. The van der Waals surface area contributed by atoms with Crippen LogP contribution in [0.25, 0.3) is 0 Å². The molecule has 1 N–H and O–H groups in total. The average molecular weight is 424 g/mol. The van der Waals surface area contributed by atoms with Gasteiger partial charge in [0, 0.05) is 24.7 Å². The molecule has 1 heterocycles. The molecule has 0 aliphatic heterocycles. The maximum absolute atomic E-state index is 13.4. The SMILES string of the molecule is CCOC(=O)c1c(NC(=O)c2cc(F)cc(F)c2)sc(C(=O)N(CC)CC)c1C. The molecule has 156 valence electrons. The number of anilines is 1. The van der Waals surface area contributed by atoms with E-state index in [1.54, 1.807) is 18.7 Å². The minimum atomic E-state index is -0.902. The van der Waals surface area contributed by atoms with E-state index in [2.05, 4.69) is 5.32 Å². The van der Waals surface area contributed by atoms with E-state index < -0.39 is 23.5 Å². The molecule has 0 atom stereocenters. The molecule has 0 bridgehead atoms. The highest BCUT2D eigenvalue weighted by atomic mass is 32.1. The van der Waals surface area contributed by atoms with Gasteiger partial charge in [-0.05, 0) is 45.4 Å². The van der Waals surface area contributed by atoms with Crippen LogP contribution in [0.1, 0.15) is 56.7 Å². The van der Waals surface area contributed by atoms with Crippen LogP contribution in [0.5, 0.6) is 0 Å². The smallest absolute Gasteiger partial charge is 0.341 e. The van der Waals surface area contributed by atoms with Gasteiger partial charge >= 0.3 is 5.97 Å². The second-order valence-electron chi connectivity index (χ2n) is 6.07. The van der Waals surface area contributed by atoms with Gasteiger partial charge in [0.2, 0.25) is 0 Å². The minimum Gasteiger partial charge on any atom is -0.462 e. The highest BCUT2D eigenvalue weighted by Crippen LogP contribution is 2.35. The van der Waals surface area contributed by atoms with Crippen LogP contribution in [0.3, 0.4) is 0 Å². The lowest BCUT2D eigenvalue weighted by molar-refractivity contribution is 0.0527. The van der Waals surface area contributed by atoms with Gasteiger partial charge in [-0.2, -0.15) is 0 Å². The lowest BCUT2D eigenvalue weighted by atomic mass is 10.1. The number of hydrogen-bond acceptors (Lipinski definition) is 5. The molecule has 1 aromatic heterocycles. The number of carbonyl (C=O) groups is 3. The van der Waals surface area contributed by atoms with Gasteiger partial charge in [-0.25, -0.2) is 13.6 Å². The zero-order chi connectivity index (χ0) is 21.7. The first-order valence-electron chi connectivity index (χ1n) is 9.10. The highest BCUT2D eigenvalue weighted by Gasteiger charge is 2.28. The molecule has 0 saturated heterocycles. The second-order valence-corrected chi connectivity index (χ2v) is 7.09. The highest BCUT2D eigenvalue weighted by molar-refractivity contribution is 7.18. The number of amides is 2. The second kappa shape index (κ2) is 9.60. The molecule has 0 fully saturated rings. The monoisotopic (exact) mass is 424 g/mol. The summed E-state index contributed by atoms with van der Waals surface area (Å²) < 4.78 is 31.9. The molecule has 0 radical (unpaired) electrons. The predicted molar refractivity (Wildman–Crippen MR) is 107 cm³/mol. The Labute approximate surface area is 171 Å². The topological polar surface area (TPSA) is 75.7 Å². The van der Waals surface area contributed by atoms with E-state index in [1.165, 1.54) is 0 Å². The van der Waals surface area contributed by atoms with Crippen molar-refractivity contribution < 1.29 is 27.9 Å². The van der Waals surface area contributed by atoms with E-state index in [1.807, 2.05) is 13.8 Å². The molecule has 6 nitrogen and oxygen atoms in total. The third-order valence-electron chi connectivity index (χ3n) is 4.22. The number of hydrogen-bond donors (Lipinski definition) is 1. The number of rotatable bonds is 7. The summed E-state index contributed by atoms with van der Waals surface area (Å²) in [7, 11) is 0. The number of ether oxygens (including phenoxy) is 1. The van der Waals surface area contributed by atoms with E-state index in [4.69, 9.17) is 4.74 Å². The van der Waals surface area contributed by atoms with Crippen molar-refractivity contribution in [1.82, 2.24) is 4.90 Å². The van der Waals surface area contributed by atoms with Gasteiger partial charge in [-0.3, -0.25) is 9.59 Å². The van der Waals surface area contributed by atoms with Crippen molar-refractivity contribution in [2.24, 2.45) is 0 Å². The Hall–Kier alpha value is -2.81. The number of carbonyl (C=O) groups excluding carboxylic acids is 3. The summed E-state index contributed by atoms with van der Waals surface area (Å²) in [6.07, 6.45) is 0. The summed E-state index contributed by atoms with van der Waals surface area (Å²) in [4.78, 5) is 39.6. The number of nitrogens with one attached hydrogen (secondary N) is 1. The normalized spacial score (nSPS) is 10.6. The first-order valence-corrected chi connectivity index (χ1v) is 9.92. The first kappa shape index (κ1) is 22.5. The van der Waals surface area contributed by atoms with Gasteiger partial charge in [-0.15, -0.1) is 11.3 Å². The van der Waals surface area contributed by atoms with Gasteiger partial charge in [0.05, 0.1) is 17.0 Å². The van der Waals surface area contributed by atoms with Gasteiger partial charge < -0.3 is 15.0 Å². The van der Waals surface area contributed by atoms with Gasteiger partial charge in [-0.1, -0.05) is 0 Å². The third-order valence-corrected chi connectivity index (χ3v) is 5.42. The molecule has 29 heavy (non-hydrogen) atoms. The molecule has 0 spiro atoms. The standard InChI is InChI=1S/C20H22F2N2O4S/c1-5-24(6-2)19(26)16-11(4)15(20(27)28-7-3)18(29-16)23-17(25)12-8-13(21)10-14(22)9-12/h8-10H,5-7H2,1-4H3,(H,23,25). The maximum Gasteiger partial charge on any atom is 0.341 e. The molecule has 9 heteroatoms. The largest absolute Gasteiger partial charge is 0.462 e. The van der Waals surface area contributed by atoms with Crippen LogP contribution in [0.2, 0.25) is 0 Å². The first-order chi connectivity index (χ1) is 13.7. The maximum atomic E-state index is 13.4. The Morgan fingerprint density at radius 1 is 1.07 bits per heavy atom. The summed E-state index contributed by atoms with van der Waals surface area (Å²) in [5, 5.41) is 2.58. The number of esters is 1. The van der Waals surface area contributed by atoms with E-state index in [0.29, 0.717) is 24.7 Å². The van der Waals surface area contributed by atoms with Crippen molar-refractivity contribution >= 4 is 34.1 Å². The fraction of sp³-hybridized carbons (Fsp3) is 0.350. The van der Waals surface area contributed by atoms with Crippen LogP contribution in [-0.2, 0) is 4.74 Å². The van der Waals surface area contributed by atoms with Crippen molar-refractivity contribution in [3.8, 4) is 0 Å². The molecule has 1 aromatic carbocycles. The number of thiophene rings is 1. The lowest BCUT2D eigenvalue weighted by Crippen LogP contribution is -2.30. The van der Waals surface area contributed by atoms with Crippen LogP contribution < -0.4 is 5.32 Å². The molecular weight excluding hydrogens is 402 g/mol. The Balaban J connectivity index is 2.48. The lowest BCUT2D eigenvalue weighted by Gasteiger charge is -2.18. The molecular formula is C20H22F2N2O4S. The van der Waals surface area contributed by atoms with Gasteiger partial charge in [0.15, 0.2) is 0 Å². The summed E-state index contributed by atoms with van der Waals surface area (Å²) in [6, 6.07) is 2.41. The van der Waals surface area contributed by atoms with Crippen LogP contribution >= 0.6 is 11.3 Å². The fourth-order valence-electron chi connectivity index (χ4n) is 2.77. The number of halogens is 2. The summed E-state index contributed by atoms with van der Waals surface area (Å²) in [5.41, 5.74) is 0.184. The van der Waals surface area contributed by atoms with Crippen LogP contribution in [-0.4, -0.2) is 42.4 Å². The van der Waals surface area contributed by atoms with E-state index in [0.717, 1.165) is 23.5 Å². The van der Waals surface area contributed by atoms with E-state index in [9.17, 15) is 23.2 Å². The average Bonchev–Trinajstić information content (AvgIpc) is 2.98. The number of nitrogens with zero attached hydrogens (tertiary/aromatic N) is 1. The third kappa shape index (κ3) is 4.97. The van der Waals surface area contributed by atoms with Gasteiger partial charge in [0.25, 0.3) is 11.8 Å².